The van der Waals surface area contributed by atoms with Gasteiger partial charge in [-0.3, -0.25) is 4.99 Å². The van der Waals surface area contributed by atoms with Crippen LogP contribution in [0.25, 0.3) is 0 Å². The number of methoxy groups -OCH3 is 1. The van der Waals surface area contributed by atoms with Crippen LogP contribution in [0.1, 0.15) is 23.6 Å². The van der Waals surface area contributed by atoms with Gasteiger partial charge in [-0.05, 0) is 37.1 Å². The summed E-state index contributed by atoms with van der Waals surface area (Å²) in [7, 11) is 3.41. The van der Waals surface area contributed by atoms with Crippen molar-refractivity contribution in [3.63, 3.8) is 0 Å². The largest absolute Gasteiger partial charge is 0.491 e. The number of nitrogens with one attached hydrogen (secondary N) is 2. The third-order valence-electron chi connectivity index (χ3n) is 3.99. The summed E-state index contributed by atoms with van der Waals surface area (Å²) in [6.45, 7) is 6.88. The zero-order valence-corrected chi connectivity index (χ0v) is 19.9. The number of hydrogen-bond donors (Lipinski definition) is 2. The van der Waals surface area contributed by atoms with Crippen LogP contribution >= 0.6 is 24.0 Å². The number of aryl methyl sites for hydroxylation is 1. The second-order valence-corrected chi connectivity index (χ2v) is 6.17. The van der Waals surface area contributed by atoms with Gasteiger partial charge in [0.05, 0.1) is 13.2 Å². The van der Waals surface area contributed by atoms with E-state index in [9.17, 15) is 0 Å². The molecular weight excluding hydrogens is 483 g/mol. The quantitative estimate of drug-likeness (QED) is 0.219. The number of guanidine groups is 1. The zero-order valence-electron chi connectivity index (χ0n) is 17.5. The van der Waals surface area contributed by atoms with Crippen molar-refractivity contribution in [2.75, 3.05) is 34.0 Å². The molecule has 1 heterocycles. The van der Waals surface area contributed by atoms with Crippen molar-refractivity contribution in [3.05, 3.63) is 53.2 Å². The van der Waals surface area contributed by atoms with E-state index in [1.807, 2.05) is 32.0 Å². The molecule has 0 spiro atoms. The van der Waals surface area contributed by atoms with E-state index in [1.54, 1.807) is 20.4 Å². The fourth-order valence-corrected chi connectivity index (χ4v) is 2.55. The first-order valence-corrected chi connectivity index (χ1v) is 9.39. The minimum absolute atomic E-state index is 0. The van der Waals surface area contributed by atoms with Gasteiger partial charge in [-0.25, -0.2) is 4.98 Å². The van der Waals surface area contributed by atoms with Gasteiger partial charge in [0.2, 0.25) is 5.88 Å². The van der Waals surface area contributed by atoms with Crippen LogP contribution in [0.2, 0.25) is 0 Å². The van der Waals surface area contributed by atoms with Crippen LogP contribution in [0.15, 0.2) is 41.5 Å². The summed E-state index contributed by atoms with van der Waals surface area (Å²) >= 11 is 0. The first kappa shape index (κ1) is 25.0. The lowest BCUT2D eigenvalue weighted by atomic mass is 10.1. The minimum Gasteiger partial charge on any atom is -0.491 e. The molecule has 0 unspecified atom stereocenters. The monoisotopic (exact) mass is 514 g/mol. The van der Waals surface area contributed by atoms with Gasteiger partial charge >= 0.3 is 0 Å². The lowest BCUT2D eigenvalue weighted by Gasteiger charge is -2.15. The smallest absolute Gasteiger partial charge is 0.213 e. The van der Waals surface area contributed by atoms with Crippen molar-refractivity contribution in [3.8, 4) is 11.6 Å². The highest BCUT2D eigenvalue weighted by Crippen LogP contribution is 2.20. The standard InChI is InChI=1S/C21H30N4O3.HI/c1-5-27-20-13-17(8-9-23-20)14-24-21(22-3)25-15-18-7-6-16(2)12-19(18)28-11-10-26-4;/h6-9,12-13H,5,10-11,14-15H2,1-4H3,(H2,22,24,25);1H. The van der Waals surface area contributed by atoms with Gasteiger partial charge in [-0.2, -0.15) is 0 Å². The molecule has 2 rings (SSSR count). The van der Waals surface area contributed by atoms with E-state index >= 15 is 0 Å². The molecule has 0 saturated heterocycles. The number of hydrogen-bond acceptors (Lipinski definition) is 5. The van der Waals surface area contributed by atoms with Gasteiger partial charge in [-0.1, -0.05) is 12.1 Å². The maximum Gasteiger partial charge on any atom is 0.213 e. The van der Waals surface area contributed by atoms with Gasteiger partial charge in [0.15, 0.2) is 5.96 Å². The third-order valence-corrected chi connectivity index (χ3v) is 3.99. The number of halogens is 1. The molecule has 0 radical (unpaired) electrons. The van der Waals surface area contributed by atoms with E-state index in [4.69, 9.17) is 14.2 Å². The summed E-state index contributed by atoms with van der Waals surface area (Å²) in [6, 6.07) is 10.0. The second kappa shape index (κ2) is 14.0. The molecule has 0 bridgehead atoms. The number of nitrogens with zero attached hydrogens (tertiary/aromatic N) is 2. The summed E-state index contributed by atoms with van der Waals surface area (Å²) in [5.74, 6) is 2.19. The zero-order chi connectivity index (χ0) is 20.2. The van der Waals surface area contributed by atoms with Crippen molar-refractivity contribution in [1.29, 1.82) is 0 Å². The Morgan fingerprint density at radius 1 is 1.07 bits per heavy atom. The average molecular weight is 514 g/mol. The third kappa shape index (κ3) is 8.86. The van der Waals surface area contributed by atoms with Crippen LogP contribution in [0.5, 0.6) is 11.6 Å². The van der Waals surface area contributed by atoms with Crippen LogP contribution in [0.3, 0.4) is 0 Å². The van der Waals surface area contributed by atoms with Crippen LogP contribution in [0, 0.1) is 6.92 Å². The number of rotatable bonds is 10. The molecule has 0 atom stereocenters. The number of benzene rings is 1. The van der Waals surface area contributed by atoms with Crippen molar-refractivity contribution >= 4 is 29.9 Å². The first-order chi connectivity index (χ1) is 13.7. The Morgan fingerprint density at radius 2 is 1.86 bits per heavy atom. The molecule has 0 aliphatic rings. The Hall–Kier alpha value is -2.07. The molecule has 8 heteroatoms. The molecule has 0 aliphatic heterocycles. The molecule has 7 nitrogen and oxygen atoms in total. The van der Waals surface area contributed by atoms with Crippen LogP contribution < -0.4 is 20.1 Å². The molecule has 2 N–H and O–H groups in total. The van der Waals surface area contributed by atoms with Gasteiger partial charge < -0.3 is 24.8 Å². The molecule has 2 aromatic rings. The topological polar surface area (TPSA) is 77.0 Å². The fourth-order valence-electron chi connectivity index (χ4n) is 2.55. The summed E-state index contributed by atoms with van der Waals surface area (Å²) in [5.41, 5.74) is 3.29. The van der Waals surface area contributed by atoms with Crippen molar-refractivity contribution in [2.24, 2.45) is 4.99 Å². The number of ether oxygens (including phenoxy) is 3. The van der Waals surface area contributed by atoms with E-state index in [2.05, 4.69) is 32.7 Å². The Labute approximate surface area is 190 Å². The van der Waals surface area contributed by atoms with Gasteiger partial charge in [0.1, 0.15) is 12.4 Å². The van der Waals surface area contributed by atoms with Gasteiger partial charge in [0.25, 0.3) is 0 Å². The summed E-state index contributed by atoms with van der Waals surface area (Å²) in [5, 5.41) is 6.63. The van der Waals surface area contributed by atoms with Crippen molar-refractivity contribution in [1.82, 2.24) is 15.6 Å². The van der Waals surface area contributed by atoms with E-state index in [-0.39, 0.29) is 24.0 Å². The average Bonchev–Trinajstić information content (AvgIpc) is 2.70. The molecule has 0 aliphatic carbocycles. The predicted octanol–water partition coefficient (Wildman–Crippen LogP) is 3.30. The highest BCUT2D eigenvalue weighted by atomic mass is 127. The Kier molecular flexibility index (Phi) is 12.1. The van der Waals surface area contributed by atoms with Gasteiger partial charge in [0, 0.05) is 45.1 Å². The highest BCUT2D eigenvalue weighted by molar-refractivity contribution is 14.0. The maximum absolute atomic E-state index is 5.84. The minimum atomic E-state index is 0. The van der Waals surface area contributed by atoms with E-state index in [0.29, 0.717) is 44.7 Å². The Balaban J connectivity index is 0.00000420. The molecular formula is C21H31IN4O3. The number of pyridine rings is 1. The molecule has 1 aromatic heterocycles. The van der Waals surface area contributed by atoms with Crippen molar-refractivity contribution in [2.45, 2.75) is 26.9 Å². The number of aromatic nitrogens is 1. The maximum atomic E-state index is 5.84. The lowest BCUT2D eigenvalue weighted by molar-refractivity contribution is 0.145. The molecule has 1 aromatic carbocycles. The van der Waals surface area contributed by atoms with Crippen molar-refractivity contribution < 1.29 is 14.2 Å². The van der Waals surface area contributed by atoms with Crippen LogP contribution in [-0.4, -0.2) is 44.9 Å². The SMILES string of the molecule is CCOc1cc(CNC(=NC)NCc2ccc(C)cc2OCCOC)ccn1.I. The van der Waals surface area contributed by atoms with Crippen LogP contribution in [0.4, 0.5) is 0 Å². The van der Waals surface area contributed by atoms with E-state index in [0.717, 1.165) is 22.4 Å². The highest BCUT2D eigenvalue weighted by Gasteiger charge is 2.06. The van der Waals surface area contributed by atoms with E-state index < -0.39 is 0 Å². The van der Waals surface area contributed by atoms with Gasteiger partial charge in [-0.15, -0.1) is 24.0 Å². The summed E-state index contributed by atoms with van der Waals surface area (Å²) < 4.78 is 16.3. The Morgan fingerprint density at radius 3 is 2.59 bits per heavy atom. The summed E-state index contributed by atoms with van der Waals surface area (Å²) in [4.78, 5) is 8.47. The number of aliphatic imine (C=N–C) groups is 1. The molecule has 29 heavy (non-hydrogen) atoms. The predicted molar refractivity (Wildman–Crippen MR) is 126 cm³/mol. The summed E-state index contributed by atoms with van der Waals surface area (Å²) in [6.07, 6.45) is 1.74. The first-order valence-electron chi connectivity index (χ1n) is 9.39. The lowest BCUT2D eigenvalue weighted by Crippen LogP contribution is -2.36. The van der Waals surface area contributed by atoms with Crippen LogP contribution in [-0.2, 0) is 17.8 Å². The second-order valence-electron chi connectivity index (χ2n) is 6.17. The molecule has 160 valence electrons. The Bertz CT molecular complexity index is 771. The molecule has 0 saturated carbocycles. The fraction of sp³-hybridized carbons (Fsp3) is 0.429. The van der Waals surface area contributed by atoms with E-state index in [1.165, 1.54) is 0 Å². The molecule has 0 fully saturated rings. The normalized spacial score (nSPS) is 10.8. The molecule has 0 amide bonds.